The summed E-state index contributed by atoms with van der Waals surface area (Å²) in [4.78, 5) is 13.0. The van der Waals surface area contributed by atoms with Crippen molar-refractivity contribution in [2.75, 3.05) is 32.8 Å². The number of hydrogen-bond acceptors (Lipinski definition) is 3. The first-order chi connectivity index (χ1) is 12.5. The van der Waals surface area contributed by atoms with Crippen LogP contribution in [0.4, 0.5) is 0 Å². The second kappa shape index (κ2) is 9.52. The maximum atomic E-state index is 13.0. The first-order valence-electron chi connectivity index (χ1n) is 10.3. The number of rotatable bonds is 9. The van der Waals surface area contributed by atoms with Crippen LogP contribution in [0.15, 0.2) is 30.3 Å². The van der Waals surface area contributed by atoms with Crippen molar-refractivity contribution >= 4 is 5.97 Å². The van der Waals surface area contributed by atoms with Crippen molar-refractivity contribution in [3.05, 3.63) is 35.9 Å². The predicted octanol–water partition coefficient (Wildman–Crippen LogP) is 3.89. The Morgan fingerprint density at radius 1 is 1.08 bits per heavy atom. The largest absolute Gasteiger partial charge is 0.459 e. The van der Waals surface area contributed by atoms with Crippen molar-refractivity contribution < 1.29 is 19.1 Å². The van der Waals surface area contributed by atoms with Crippen LogP contribution in [0.1, 0.15) is 64.4 Å². The van der Waals surface area contributed by atoms with Gasteiger partial charge in [0, 0.05) is 0 Å². The third-order valence-corrected chi connectivity index (χ3v) is 6.45. The highest BCUT2D eigenvalue weighted by Gasteiger charge is 2.44. The van der Waals surface area contributed by atoms with Gasteiger partial charge in [-0.15, -0.1) is 0 Å². The van der Waals surface area contributed by atoms with Crippen molar-refractivity contribution in [3.8, 4) is 0 Å². The van der Waals surface area contributed by atoms with Crippen molar-refractivity contribution in [2.24, 2.45) is 0 Å². The molecule has 0 radical (unpaired) electrons. The number of carbonyl (C=O) groups excluding carboxylic acids is 1. The lowest BCUT2D eigenvalue weighted by Crippen LogP contribution is -2.50. The van der Waals surface area contributed by atoms with E-state index in [4.69, 9.17) is 4.74 Å². The van der Waals surface area contributed by atoms with Crippen LogP contribution in [0.5, 0.6) is 0 Å². The van der Waals surface area contributed by atoms with E-state index >= 15 is 0 Å². The molecule has 4 nitrogen and oxygen atoms in total. The normalized spacial score (nSPS) is 18.3. The molecule has 0 aromatic heterocycles. The third-order valence-electron chi connectivity index (χ3n) is 6.45. The highest BCUT2D eigenvalue weighted by molar-refractivity contribution is 5.80. The molecule has 1 aromatic carbocycles. The maximum absolute atomic E-state index is 13.0. The van der Waals surface area contributed by atoms with E-state index in [1.165, 1.54) is 0 Å². The third kappa shape index (κ3) is 4.86. The summed E-state index contributed by atoms with van der Waals surface area (Å²) in [5.74, 6) is -0.863. The number of nitrogens with zero attached hydrogens (tertiary/aromatic N) is 1. The summed E-state index contributed by atoms with van der Waals surface area (Å²) >= 11 is 0. The first kappa shape index (κ1) is 20.9. The fraction of sp³-hybridized carbons (Fsp3) is 0.682. The van der Waals surface area contributed by atoms with Crippen molar-refractivity contribution in [2.45, 2.75) is 64.4 Å². The zero-order chi connectivity index (χ0) is 19.0. The van der Waals surface area contributed by atoms with Gasteiger partial charge in [0.25, 0.3) is 0 Å². The zero-order valence-corrected chi connectivity index (χ0v) is 16.7. The van der Waals surface area contributed by atoms with Crippen molar-refractivity contribution in [1.82, 2.24) is 0 Å². The van der Waals surface area contributed by atoms with Crippen LogP contribution in [0.3, 0.4) is 0 Å². The molecule has 1 N–H and O–H groups in total. The number of quaternary nitrogens is 1. The number of esters is 1. The summed E-state index contributed by atoms with van der Waals surface area (Å²) in [6.07, 6.45) is 4.40. The first-order valence-corrected chi connectivity index (χ1v) is 10.3. The molecule has 1 unspecified atom stereocenters. The molecule has 0 amide bonds. The Labute approximate surface area is 158 Å². The average molecular weight is 363 g/mol. The lowest BCUT2D eigenvalue weighted by Gasteiger charge is -2.39. The van der Waals surface area contributed by atoms with Gasteiger partial charge < -0.3 is 14.3 Å². The molecule has 1 saturated carbocycles. The molecular weight excluding hydrogens is 326 g/mol. The van der Waals surface area contributed by atoms with E-state index in [1.807, 2.05) is 30.3 Å². The molecule has 1 aliphatic carbocycles. The SMILES string of the molecule is CC[N+](CC)(CC)CCOC(=O)C(c1ccccc1)C1(O)CCCCC1. The smallest absolute Gasteiger partial charge is 0.316 e. The van der Waals surface area contributed by atoms with E-state index < -0.39 is 11.5 Å². The van der Waals surface area contributed by atoms with Gasteiger partial charge in [0.2, 0.25) is 0 Å². The minimum Gasteiger partial charge on any atom is -0.459 e. The van der Waals surface area contributed by atoms with Gasteiger partial charge in [0.15, 0.2) is 0 Å². The van der Waals surface area contributed by atoms with Gasteiger partial charge in [-0.1, -0.05) is 49.6 Å². The minimum atomic E-state index is -0.983. The molecule has 0 bridgehead atoms. The van der Waals surface area contributed by atoms with E-state index in [0.717, 1.165) is 55.5 Å². The number of hydrogen-bond donors (Lipinski definition) is 1. The molecule has 0 saturated heterocycles. The summed E-state index contributed by atoms with van der Waals surface area (Å²) in [5.41, 5.74) is -0.118. The van der Waals surface area contributed by atoms with E-state index in [2.05, 4.69) is 20.8 Å². The van der Waals surface area contributed by atoms with E-state index in [1.54, 1.807) is 0 Å². The van der Waals surface area contributed by atoms with Crippen LogP contribution < -0.4 is 0 Å². The molecule has 1 atom stereocenters. The Kier molecular flexibility index (Phi) is 7.66. The summed E-state index contributed by atoms with van der Waals surface area (Å²) in [5, 5.41) is 11.2. The van der Waals surface area contributed by atoms with Gasteiger partial charge in [-0.3, -0.25) is 4.79 Å². The van der Waals surface area contributed by atoms with E-state index in [9.17, 15) is 9.90 Å². The van der Waals surface area contributed by atoms with Gasteiger partial charge in [0.1, 0.15) is 19.1 Å². The average Bonchev–Trinajstić information content (AvgIpc) is 2.67. The molecular formula is C22H36NO3+. The number of ether oxygens (including phenoxy) is 1. The fourth-order valence-corrected chi connectivity index (χ4v) is 4.33. The van der Waals surface area contributed by atoms with E-state index in [0.29, 0.717) is 19.4 Å². The van der Waals surface area contributed by atoms with Crippen molar-refractivity contribution in [1.29, 1.82) is 0 Å². The van der Waals surface area contributed by atoms with Gasteiger partial charge in [-0.05, 0) is 39.2 Å². The Morgan fingerprint density at radius 2 is 1.65 bits per heavy atom. The van der Waals surface area contributed by atoms with Crippen LogP contribution in [-0.4, -0.2) is 53.9 Å². The number of benzene rings is 1. The Hall–Kier alpha value is -1.39. The maximum Gasteiger partial charge on any atom is 0.316 e. The Bertz CT molecular complexity index is 540. The second-order valence-electron chi connectivity index (χ2n) is 7.69. The fourth-order valence-electron chi connectivity index (χ4n) is 4.33. The zero-order valence-electron chi connectivity index (χ0n) is 16.7. The highest BCUT2D eigenvalue weighted by atomic mass is 16.5. The topological polar surface area (TPSA) is 46.5 Å². The van der Waals surface area contributed by atoms with Crippen LogP contribution in [0, 0.1) is 0 Å². The molecule has 2 rings (SSSR count). The summed E-state index contributed by atoms with van der Waals surface area (Å²) in [6, 6.07) is 9.66. The second-order valence-corrected chi connectivity index (χ2v) is 7.69. The number of carbonyl (C=O) groups is 1. The Balaban J connectivity index is 2.11. The lowest BCUT2D eigenvalue weighted by atomic mass is 9.73. The van der Waals surface area contributed by atoms with Gasteiger partial charge in [0.05, 0.1) is 25.2 Å². The minimum absolute atomic E-state index is 0.276. The van der Waals surface area contributed by atoms with Crippen LogP contribution in [0.2, 0.25) is 0 Å². The molecule has 26 heavy (non-hydrogen) atoms. The van der Waals surface area contributed by atoms with Gasteiger partial charge in [-0.2, -0.15) is 0 Å². The van der Waals surface area contributed by atoms with Crippen LogP contribution in [-0.2, 0) is 9.53 Å². The highest BCUT2D eigenvalue weighted by Crippen LogP contribution is 2.40. The predicted molar refractivity (Wildman–Crippen MR) is 105 cm³/mol. The monoisotopic (exact) mass is 362 g/mol. The molecule has 4 heteroatoms. The molecule has 1 aromatic rings. The standard InChI is InChI=1S/C22H36NO3/c1-4-23(5-2,6-3)17-18-26-21(24)20(19-13-9-7-10-14-19)22(25)15-11-8-12-16-22/h7,9-10,13-14,20,25H,4-6,8,11-12,15-18H2,1-3H3/q+1. The van der Waals surface area contributed by atoms with Crippen molar-refractivity contribution in [3.63, 3.8) is 0 Å². The molecule has 1 aliphatic rings. The van der Waals surface area contributed by atoms with Crippen LogP contribution in [0.25, 0.3) is 0 Å². The van der Waals surface area contributed by atoms with Crippen LogP contribution >= 0.6 is 0 Å². The number of likely N-dealkylation sites (N-methyl/N-ethyl adjacent to an activating group) is 1. The van der Waals surface area contributed by atoms with Gasteiger partial charge >= 0.3 is 5.97 Å². The lowest BCUT2D eigenvalue weighted by molar-refractivity contribution is -0.923. The molecule has 0 spiro atoms. The summed E-state index contributed by atoms with van der Waals surface area (Å²) < 4.78 is 6.68. The Morgan fingerprint density at radius 3 is 2.19 bits per heavy atom. The molecule has 0 heterocycles. The van der Waals surface area contributed by atoms with Gasteiger partial charge in [-0.25, -0.2) is 0 Å². The molecule has 0 aliphatic heterocycles. The summed E-state index contributed by atoms with van der Waals surface area (Å²) in [7, 11) is 0. The quantitative estimate of drug-likeness (QED) is 0.535. The summed E-state index contributed by atoms with van der Waals surface area (Å²) in [6.45, 7) is 10.9. The van der Waals surface area contributed by atoms with E-state index in [-0.39, 0.29) is 5.97 Å². The number of aliphatic hydroxyl groups is 1. The molecule has 1 fully saturated rings. The molecule has 146 valence electrons.